The molecule has 0 aliphatic heterocycles. The van der Waals surface area contributed by atoms with Crippen molar-refractivity contribution < 1.29 is 4.79 Å². The molecule has 0 aliphatic rings. The molecule has 0 atom stereocenters. The van der Waals surface area contributed by atoms with Gasteiger partial charge in [-0.25, -0.2) is 4.98 Å². The quantitative estimate of drug-likeness (QED) is 0.411. The summed E-state index contributed by atoms with van der Waals surface area (Å²) in [6.07, 6.45) is 0. The molecule has 4 rings (SSSR count). The molecule has 2 aromatic heterocycles. The van der Waals surface area contributed by atoms with Gasteiger partial charge in [0.1, 0.15) is 5.82 Å². The Bertz CT molecular complexity index is 1260. The van der Waals surface area contributed by atoms with E-state index in [2.05, 4.69) is 25.9 Å². The Labute approximate surface area is 186 Å². The number of hydrogen-bond acceptors (Lipinski definition) is 4. The van der Waals surface area contributed by atoms with Crippen LogP contribution in [-0.4, -0.2) is 26.8 Å². The predicted molar refractivity (Wildman–Crippen MR) is 125 cm³/mol. The molecule has 5 nitrogen and oxygen atoms in total. The van der Waals surface area contributed by atoms with E-state index >= 15 is 0 Å². The zero-order valence-corrected chi connectivity index (χ0v) is 19.0. The van der Waals surface area contributed by atoms with E-state index in [1.807, 2.05) is 62.4 Å². The van der Waals surface area contributed by atoms with Gasteiger partial charge in [0.15, 0.2) is 0 Å². The molecule has 0 fully saturated rings. The number of carbonyl (C=O) groups excluding carboxylic acids is 1. The number of rotatable bonds is 5. The van der Waals surface area contributed by atoms with Crippen LogP contribution < -0.4 is 5.56 Å². The number of H-pyrrole nitrogens is 1. The van der Waals surface area contributed by atoms with Gasteiger partial charge in [0, 0.05) is 15.4 Å². The van der Waals surface area contributed by atoms with E-state index in [1.165, 1.54) is 11.3 Å². The Kier molecular flexibility index (Phi) is 5.83. The van der Waals surface area contributed by atoms with E-state index in [-0.39, 0.29) is 24.1 Å². The lowest BCUT2D eigenvalue weighted by molar-refractivity contribution is 0.0690. The highest BCUT2D eigenvalue weighted by Crippen LogP contribution is 2.30. The minimum Gasteiger partial charge on any atom is -0.328 e. The number of thiophene rings is 1. The summed E-state index contributed by atoms with van der Waals surface area (Å²) in [6, 6.07) is 19.0. The van der Waals surface area contributed by atoms with Crippen LogP contribution >= 0.6 is 27.3 Å². The Morgan fingerprint density at radius 3 is 2.57 bits per heavy atom. The second-order valence-electron chi connectivity index (χ2n) is 7.23. The molecule has 0 saturated carbocycles. The van der Waals surface area contributed by atoms with Gasteiger partial charge in [0.2, 0.25) is 0 Å². The number of para-hydroxylation sites is 1. The molecule has 2 heterocycles. The first kappa shape index (κ1) is 20.5. The van der Waals surface area contributed by atoms with Crippen molar-refractivity contribution >= 4 is 44.1 Å². The first-order valence-electron chi connectivity index (χ1n) is 9.57. The van der Waals surface area contributed by atoms with Gasteiger partial charge in [-0.15, -0.1) is 11.3 Å². The van der Waals surface area contributed by atoms with Crippen molar-refractivity contribution in [3.05, 3.63) is 86.2 Å². The van der Waals surface area contributed by atoms with Crippen LogP contribution in [0.25, 0.3) is 21.3 Å². The first-order chi connectivity index (χ1) is 14.4. The first-order valence-corrected chi connectivity index (χ1v) is 11.2. The maximum absolute atomic E-state index is 13.2. The summed E-state index contributed by atoms with van der Waals surface area (Å²) in [5, 5.41) is 0.543. The highest BCUT2D eigenvalue weighted by molar-refractivity contribution is 9.10. The molecule has 7 heteroatoms. The van der Waals surface area contributed by atoms with Crippen molar-refractivity contribution in [3.8, 4) is 10.4 Å². The van der Waals surface area contributed by atoms with Gasteiger partial charge in [-0.3, -0.25) is 9.59 Å². The maximum Gasteiger partial charge on any atom is 0.264 e. The number of amides is 1. The average molecular weight is 482 g/mol. The van der Waals surface area contributed by atoms with E-state index in [0.717, 1.165) is 14.9 Å². The van der Waals surface area contributed by atoms with Gasteiger partial charge in [-0.1, -0.05) is 40.2 Å². The fourth-order valence-corrected chi connectivity index (χ4v) is 4.46. The average Bonchev–Trinajstić information content (AvgIpc) is 3.22. The van der Waals surface area contributed by atoms with Crippen LogP contribution in [0.2, 0.25) is 0 Å². The van der Waals surface area contributed by atoms with Crippen molar-refractivity contribution in [2.24, 2.45) is 0 Å². The van der Waals surface area contributed by atoms with Crippen LogP contribution in [-0.2, 0) is 6.54 Å². The van der Waals surface area contributed by atoms with E-state index in [9.17, 15) is 9.59 Å². The Morgan fingerprint density at radius 1 is 1.10 bits per heavy atom. The molecule has 1 amide bonds. The van der Waals surface area contributed by atoms with Gasteiger partial charge < -0.3 is 9.88 Å². The van der Waals surface area contributed by atoms with Gasteiger partial charge >= 0.3 is 0 Å². The zero-order chi connectivity index (χ0) is 21.3. The van der Waals surface area contributed by atoms with Crippen molar-refractivity contribution in [3.63, 3.8) is 0 Å². The standard InChI is InChI=1S/C23H20BrN3O2S/c1-14(2)27(13-21-25-18-6-4-3-5-17(18)22(28)26-21)23(29)20-12-11-19(30-20)15-7-9-16(24)10-8-15/h3-12,14H,13H2,1-2H3,(H,25,26,28). The third-order valence-electron chi connectivity index (χ3n) is 4.81. The molecule has 0 aliphatic carbocycles. The summed E-state index contributed by atoms with van der Waals surface area (Å²) in [5.41, 5.74) is 1.50. The van der Waals surface area contributed by atoms with Gasteiger partial charge in [0.05, 0.1) is 22.3 Å². The number of aromatic amines is 1. The monoisotopic (exact) mass is 481 g/mol. The van der Waals surface area contributed by atoms with Gasteiger partial charge in [-0.05, 0) is 55.8 Å². The number of nitrogens with one attached hydrogen (secondary N) is 1. The van der Waals surface area contributed by atoms with E-state index in [0.29, 0.717) is 21.6 Å². The zero-order valence-electron chi connectivity index (χ0n) is 16.6. The predicted octanol–water partition coefficient (Wildman–Crippen LogP) is 5.46. The number of aromatic nitrogens is 2. The number of benzene rings is 2. The minimum atomic E-state index is -0.194. The summed E-state index contributed by atoms with van der Waals surface area (Å²) in [4.78, 5) is 36.4. The van der Waals surface area contributed by atoms with Crippen LogP contribution in [0.5, 0.6) is 0 Å². The highest BCUT2D eigenvalue weighted by Gasteiger charge is 2.22. The third kappa shape index (κ3) is 4.22. The number of hydrogen-bond donors (Lipinski definition) is 1. The summed E-state index contributed by atoms with van der Waals surface area (Å²) >= 11 is 4.91. The van der Waals surface area contributed by atoms with Crippen LogP contribution in [0, 0.1) is 0 Å². The molecular weight excluding hydrogens is 462 g/mol. The molecule has 2 aromatic carbocycles. The molecule has 0 bridgehead atoms. The van der Waals surface area contributed by atoms with Crippen LogP contribution in [0.15, 0.2) is 69.9 Å². The van der Waals surface area contributed by atoms with Crippen molar-refractivity contribution in [2.75, 3.05) is 0 Å². The van der Waals surface area contributed by atoms with Crippen molar-refractivity contribution in [2.45, 2.75) is 26.4 Å². The molecule has 0 radical (unpaired) electrons. The van der Waals surface area contributed by atoms with Crippen molar-refractivity contribution in [1.29, 1.82) is 0 Å². The topological polar surface area (TPSA) is 66.1 Å². The fourth-order valence-electron chi connectivity index (χ4n) is 3.22. The number of nitrogens with zero attached hydrogens (tertiary/aromatic N) is 2. The number of halogens is 1. The molecule has 1 N–H and O–H groups in total. The maximum atomic E-state index is 13.2. The lowest BCUT2D eigenvalue weighted by Gasteiger charge is -2.25. The fraction of sp³-hybridized carbons (Fsp3) is 0.174. The summed E-state index contributed by atoms with van der Waals surface area (Å²) in [7, 11) is 0. The molecule has 0 saturated heterocycles. The molecule has 4 aromatic rings. The smallest absolute Gasteiger partial charge is 0.264 e. The van der Waals surface area contributed by atoms with Crippen molar-refractivity contribution in [1.82, 2.24) is 14.9 Å². The SMILES string of the molecule is CC(C)N(Cc1nc2ccccc2c(=O)[nH]1)C(=O)c1ccc(-c2ccc(Br)cc2)s1. The number of fused-ring (bicyclic) bond motifs is 1. The number of carbonyl (C=O) groups is 1. The highest BCUT2D eigenvalue weighted by atomic mass is 79.9. The molecule has 0 unspecified atom stereocenters. The van der Waals surface area contributed by atoms with Gasteiger partial charge in [-0.2, -0.15) is 0 Å². The lowest BCUT2D eigenvalue weighted by Crippen LogP contribution is -2.37. The second-order valence-corrected chi connectivity index (χ2v) is 9.23. The van der Waals surface area contributed by atoms with Crippen LogP contribution in [0.3, 0.4) is 0 Å². The minimum absolute atomic E-state index is 0.0486. The Balaban J connectivity index is 1.61. The largest absolute Gasteiger partial charge is 0.328 e. The summed E-state index contributed by atoms with van der Waals surface area (Å²) < 4.78 is 1.02. The van der Waals surface area contributed by atoms with E-state index < -0.39 is 0 Å². The summed E-state index contributed by atoms with van der Waals surface area (Å²) in [5.74, 6) is 0.402. The Hall–Kier alpha value is -2.77. The van der Waals surface area contributed by atoms with Crippen LogP contribution in [0.1, 0.15) is 29.3 Å². The van der Waals surface area contributed by atoms with E-state index in [1.54, 1.807) is 17.0 Å². The molecule has 30 heavy (non-hydrogen) atoms. The van der Waals surface area contributed by atoms with E-state index in [4.69, 9.17) is 0 Å². The second kappa shape index (κ2) is 8.53. The molecule has 152 valence electrons. The normalized spacial score (nSPS) is 11.2. The molecule has 0 spiro atoms. The van der Waals surface area contributed by atoms with Gasteiger partial charge in [0.25, 0.3) is 11.5 Å². The third-order valence-corrected chi connectivity index (χ3v) is 6.46. The molecular formula is C23H20BrN3O2S. The lowest BCUT2D eigenvalue weighted by atomic mass is 10.2. The Morgan fingerprint density at radius 2 is 1.83 bits per heavy atom. The summed E-state index contributed by atoms with van der Waals surface area (Å²) in [6.45, 7) is 4.16. The van der Waals surface area contributed by atoms with Crippen LogP contribution in [0.4, 0.5) is 0 Å².